The van der Waals surface area contributed by atoms with Gasteiger partial charge in [-0.2, -0.15) is 0 Å². The number of furan rings is 1. The van der Waals surface area contributed by atoms with E-state index in [9.17, 15) is 4.79 Å². The molecule has 0 N–H and O–H groups in total. The van der Waals surface area contributed by atoms with E-state index in [1.54, 1.807) is 33.7 Å². The molecule has 0 radical (unpaired) electrons. The number of hydrogen-bond acceptors (Lipinski definition) is 5. The molecule has 3 aromatic rings. The fourth-order valence-corrected chi connectivity index (χ4v) is 4.57. The molecule has 4 rings (SSSR count). The number of amides is 1. The van der Waals surface area contributed by atoms with Gasteiger partial charge in [0.05, 0.1) is 27.6 Å². The highest BCUT2D eigenvalue weighted by Gasteiger charge is 2.21. The van der Waals surface area contributed by atoms with Gasteiger partial charge in [0.25, 0.3) is 0 Å². The summed E-state index contributed by atoms with van der Waals surface area (Å²) in [5.74, 6) is 2.09. The number of aryl methyl sites for hydroxylation is 1. The molecule has 1 saturated heterocycles. The van der Waals surface area contributed by atoms with Gasteiger partial charge >= 0.3 is 0 Å². The summed E-state index contributed by atoms with van der Waals surface area (Å²) in [6.07, 6.45) is 6.80. The van der Waals surface area contributed by atoms with E-state index in [0.717, 1.165) is 70.5 Å². The molecule has 6 nitrogen and oxygen atoms in total. The lowest BCUT2D eigenvalue weighted by atomic mass is 9.96. The van der Waals surface area contributed by atoms with Crippen LogP contribution >= 0.6 is 0 Å². The van der Waals surface area contributed by atoms with Crippen LogP contribution in [-0.2, 0) is 4.79 Å². The van der Waals surface area contributed by atoms with Gasteiger partial charge < -0.3 is 23.5 Å². The van der Waals surface area contributed by atoms with Crippen LogP contribution in [0.3, 0.4) is 0 Å². The van der Waals surface area contributed by atoms with Crippen LogP contribution in [-0.4, -0.2) is 45.2 Å². The average Bonchev–Trinajstić information content (AvgIpc) is 3.28. The van der Waals surface area contributed by atoms with Gasteiger partial charge in [0.15, 0.2) is 11.5 Å². The fourth-order valence-electron chi connectivity index (χ4n) is 4.57. The molecular weight excluding hydrogens is 418 g/mol. The van der Waals surface area contributed by atoms with Crippen molar-refractivity contribution >= 4 is 22.4 Å². The summed E-state index contributed by atoms with van der Waals surface area (Å²) in [4.78, 5) is 14.8. The second-order valence-corrected chi connectivity index (χ2v) is 8.39. The van der Waals surface area contributed by atoms with E-state index < -0.39 is 0 Å². The second kappa shape index (κ2) is 9.61. The lowest BCUT2D eigenvalue weighted by Crippen LogP contribution is -2.34. The largest absolute Gasteiger partial charge is 0.496 e. The van der Waals surface area contributed by atoms with E-state index in [1.807, 2.05) is 43.0 Å². The van der Waals surface area contributed by atoms with E-state index in [4.69, 9.17) is 18.6 Å². The third-order valence-corrected chi connectivity index (χ3v) is 6.38. The Morgan fingerprint density at radius 2 is 1.73 bits per heavy atom. The number of ether oxygens (including phenoxy) is 3. The standard InChI is InChI=1S/C27H31NO5/c1-17(13-25(29)28-11-7-6-8-12-28)20-15-21-22(16-33-27(21)18(2)26(20)32-5)19-9-10-23(30-3)24(14-19)31-4/h9-10,13-16H,6-8,11-12H2,1-5H3/b17-13+. The van der Waals surface area contributed by atoms with Crippen LogP contribution in [0.4, 0.5) is 0 Å². The van der Waals surface area contributed by atoms with Crippen molar-refractivity contribution in [3.8, 4) is 28.4 Å². The summed E-state index contributed by atoms with van der Waals surface area (Å²) in [6.45, 7) is 5.58. The molecule has 0 bridgehead atoms. The van der Waals surface area contributed by atoms with Crippen LogP contribution in [0, 0.1) is 6.92 Å². The first-order valence-electron chi connectivity index (χ1n) is 11.3. The number of nitrogens with zero attached hydrogens (tertiary/aromatic N) is 1. The van der Waals surface area contributed by atoms with E-state index in [-0.39, 0.29) is 5.91 Å². The number of benzene rings is 2. The topological polar surface area (TPSA) is 61.1 Å². The number of piperidine rings is 1. The summed E-state index contributed by atoms with van der Waals surface area (Å²) in [7, 11) is 4.89. The average molecular weight is 450 g/mol. The predicted octanol–water partition coefficient (Wildman–Crippen LogP) is 5.85. The molecule has 1 aliphatic heterocycles. The first kappa shape index (κ1) is 22.8. The molecule has 0 unspecified atom stereocenters. The number of fused-ring (bicyclic) bond motifs is 1. The smallest absolute Gasteiger partial charge is 0.246 e. The Kier molecular flexibility index (Phi) is 6.63. The van der Waals surface area contributed by atoms with Crippen LogP contribution in [0.2, 0.25) is 0 Å². The Balaban J connectivity index is 1.81. The highest BCUT2D eigenvalue weighted by molar-refractivity contribution is 6.01. The minimum absolute atomic E-state index is 0.0549. The Morgan fingerprint density at radius 1 is 1.00 bits per heavy atom. The van der Waals surface area contributed by atoms with Gasteiger partial charge in [-0.15, -0.1) is 0 Å². The normalized spacial score (nSPS) is 14.5. The van der Waals surface area contributed by atoms with Gasteiger partial charge in [-0.25, -0.2) is 0 Å². The molecule has 2 aromatic carbocycles. The number of carbonyl (C=O) groups excluding carboxylic acids is 1. The van der Waals surface area contributed by atoms with Crippen LogP contribution < -0.4 is 14.2 Å². The van der Waals surface area contributed by atoms with Gasteiger partial charge in [0.1, 0.15) is 11.3 Å². The summed E-state index contributed by atoms with van der Waals surface area (Å²) in [6, 6.07) is 7.84. The first-order chi connectivity index (χ1) is 16.0. The molecule has 1 amide bonds. The van der Waals surface area contributed by atoms with E-state index in [2.05, 4.69) is 0 Å². The number of carbonyl (C=O) groups is 1. The van der Waals surface area contributed by atoms with Crippen LogP contribution in [0.25, 0.3) is 27.7 Å². The van der Waals surface area contributed by atoms with Crippen molar-refractivity contribution in [3.63, 3.8) is 0 Å². The van der Waals surface area contributed by atoms with Gasteiger partial charge in [-0.1, -0.05) is 6.07 Å². The summed E-state index contributed by atoms with van der Waals surface area (Å²) >= 11 is 0. The maximum absolute atomic E-state index is 12.9. The van der Waals surface area contributed by atoms with Crippen LogP contribution in [0.5, 0.6) is 17.2 Å². The lowest BCUT2D eigenvalue weighted by Gasteiger charge is -2.25. The monoisotopic (exact) mass is 449 g/mol. The summed E-state index contributed by atoms with van der Waals surface area (Å²) in [5, 5.41) is 0.952. The minimum Gasteiger partial charge on any atom is -0.496 e. The van der Waals surface area contributed by atoms with Gasteiger partial charge in [0.2, 0.25) is 5.91 Å². The summed E-state index contributed by atoms with van der Waals surface area (Å²) < 4.78 is 22.6. The summed E-state index contributed by atoms with van der Waals surface area (Å²) in [5.41, 5.74) is 5.30. The molecule has 1 fully saturated rings. The zero-order valence-corrected chi connectivity index (χ0v) is 20.0. The van der Waals surface area contributed by atoms with Crippen molar-refractivity contribution in [2.24, 2.45) is 0 Å². The third kappa shape index (κ3) is 4.30. The highest BCUT2D eigenvalue weighted by Crippen LogP contribution is 2.42. The molecule has 33 heavy (non-hydrogen) atoms. The molecule has 6 heteroatoms. The molecular formula is C27H31NO5. The fraction of sp³-hybridized carbons (Fsp3) is 0.370. The predicted molar refractivity (Wildman–Crippen MR) is 130 cm³/mol. The molecule has 0 aliphatic carbocycles. The van der Waals surface area contributed by atoms with Crippen molar-refractivity contribution in [2.75, 3.05) is 34.4 Å². The van der Waals surface area contributed by atoms with Crippen molar-refractivity contribution < 1.29 is 23.4 Å². The maximum Gasteiger partial charge on any atom is 0.246 e. The van der Waals surface area contributed by atoms with Crippen molar-refractivity contribution in [3.05, 3.63) is 47.7 Å². The van der Waals surface area contributed by atoms with E-state index >= 15 is 0 Å². The van der Waals surface area contributed by atoms with Crippen molar-refractivity contribution in [1.82, 2.24) is 4.90 Å². The Hall–Kier alpha value is -3.41. The quantitative estimate of drug-likeness (QED) is 0.442. The second-order valence-electron chi connectivity index (χ2n) is 8.39. The molecule has 1 aliphatic rings. The van der Waals surface area contributed by atoms with Gasteiger partial charge in [-0.3, -0.25) is 4.79 Å². The molecule has 174 valence electrons. The van der Waals surface area contributed by atoms with E-state index in [1.165, 1.54) is 6.42 Å². The van der Waals surface area contributed by atoms with E-state index in [0.29, 0.717) is 11.5 Å². The van der Waals surface area contributed by atoms with Crippen molar-refractivity contribution in [2.45, 2.75) is 33.1 Å². The SMILES string of the molecule is COc1ccc(-c2coc3c(C)c(OC)c(/C(C)=C/C(=O)N4CCCCC4)cc23)cc1OC. The number of likely N-dealkylation sites (tertiary alicyclic amines) is 1. The number of hydrogen-bond donors (Lipinski definition) is 0. The number of allylic oxidation sites excluding steroid dienone is 1. The van der Waals surface area contributed by atoms with Gasteiger partial charge in [-0.05, 0) is 62.4 Å². The molecule has 0 saturated carbocycles. The molecule has 0 atom stereocenters. The van der Waals surface area contributed by atoms with Crippen molar-refractivity contribution in [1.29, 1.82) is 0 Å². The zero-order valence-electron chi connectivity index (χ0n) is 20.0. The first-order valence-corrected chi connectivity index (χ1v) is 11.3. The van der Waals surface area contributed by atoms with Crippen LogP contribution in [0.15, 0.2) is 41.0 Å². The minimum atomic E-state index is 0.0549. The third-order valence-electron chi connectivity index (χ3n) is 6.38. The van der Waals surface area contributed by atoms with Crippen LogP contribution in [0.1, 0.15) is 37.3 Å². The number of methoxy groups -OCH3 is 3. The highest BCUT2D eigenvalue weighted by atomic mass is 16.5. The zero-order chi connectivity index (χ0) is 23.5. The van der Waals surface area contributed by atoms with Gasteiger partial charge in [0, 0.05) is 41.2 Å². The maximum atomic E-state index is 12.9. The lowest BCUT2D eigenvalue weighted by molar-refractivity contribution is -0.126. The molecule has 2 heterocycles. The molecule has 1 aromatic heterocycles. The Bertz CT molecular complexity index is 1200. The molecule has 0 spiro atoms. The number of rotatable bonds is 6. The Morgan fingerprint density at radius 3 is 2.39 bits per heavy atom. The Labute approximate surface area is 194 Å².